The highest BCUT2D eigenvalue weighted by atomic mass is 35.5. The second-order valence-electron chi connectivity index (χ2n) is 5.51. The van der Waals surface area contributed by atoms with E-state index in [1.165, 1.54) is 6.07 Å². The number of hydrogen-bond acceptors (Lipinski definition) is 1. The molecule has 122 valence electrons. The fourth-order valence-electron chi connectivity index (χ4n) is 2.89. The normalized spacial score (nSPS) is 19.1. The number of alkyl halides is 3. The SMILES string of the molecule is CC(c1cccc(C(F)(F)F)c1)C1(O)CCCCC1.Cl.Cl. The van der Waals surface area contributed by atoms with Crippen LogP contribution >= 0.6 is 24.8 Å². The lowest BCUT2D eigenvalue weighted by molar-refractivity contribution is -0.137. The maximum absolute atomic E-state index is 12.7. The van der Waals surface area contributed by atoms with E-state index in [1.54, 1.807) is 6.07 Å². The third-order valence-corrected chi connectivity index (χ3v) is 4.24. The van der Waals surface area contributed by atoms with E-state index in [9.17, 15) is 18.3 Å². The molecule has 0 aromatic heterocycles. The Balaban J connectivity index is 0.00000200. The van der Waals surface area contributed by atoms with Crippen LogP contribution < -0.4 is 0 Å². The summed E-state index contributed by atoms with van der Waals surface area (Å²) in [4.78, 5) is 0. The van der Waals surface area contributed by atoms with E-state index in [-0.39, 0.29) is 30.7 Å². The molecule has 0 saturated heterocycles. The van der Waals surface area contributed by atoms with Gasteiger partial charge in [0.15, 0.2) is 0 Å². The molecule has 1 N–H and O–H groups in total. The van der Waals surface area contributed by atoms with E-state index < -0.39 is 17.3 Å². The predicted octanol–water partition coefficient (Wildman–Crippen LogP) is 5.35. The van der Waals surface area contributed by atoms with Gasteiger partial charge in [0.25, 0.3) is 0 Å². The molecule has 0 radical (unpaired) electrons. The van der Waals surface area contributed by atoms with E-state index in [0.29, 0.717) is 18.4 Å². The summed E-state index contributed by atoms with van der Waals surface area (Å²) in [6, 6.07) is 5.33. The second kappa shape index (κ2) is 7.70. The molecule has 1 aromatic rings. The van der Waals surface area contributed by atoms with Crippen LogP contribution in [0.2, 0.25) is 0 Å². The van der Waals surface area contributed by atoms with E-state index in [1.807, 2.05) is 6.92 Å². The van der Waals surface area contributed by atoms with Gasteiger partial charge in [-0.25, -0.2) is 0 Å². The van der Waals surface area contributed by atoms with E-state index in [4.69, 9.17) is 0 Å². The van der Waals surface area contributed by atoms with Crippen molar-refractivity contribution in [2.45, 2.75) is 56.7 Å². The Hall–Kier alpha value is -0.450. The van der Waals surface area contributed by atoms with Gasteiger partial charge < -0.3 is 5.11 Å². The molecule has 0 bridgehead atoms. The highest BCUT2D eigenvalue weighted by molar-refractivity contribution is 5.85. The Morgan fingerprint density at radius 1 is 1.10 bits per heavy atom. The fourth-order valence-corrected chi connectivity index (χ4v) is 2.89. The van der Waals surface area contributed by atoms with Gasteiger partial charge in [0.05, 0.1) is 11.2 Å². The standard InChI is InChI=1S/C15H19F3O.2ClH/c1-11(14(19)8-3-2-4-9-14)12-6-5-7-13(10-12)15(16,17)18;;/h5-7,10-11,19H,2-4,8-9H2,1H3;2*1H. The van der Waals surface area contributed by atoms with Crippen LogP contribution in [0.15, 0.2) is 24.3 Å². The summed E-state index contributed by atoms with van der Waals surface area (Å²) in [6.07, 6.45) is -0.00301. The van der Waals surface area contributed by atoms with Gasteiger partial charge in [-0.15, -0.1) is 24.8 Å². The average molecular weight is 345 g/mol. The largest absolute Gasteiger partial charge is 0.416 e. The topological polar surface area (TPSA) is 20.2 Å². The van der Waals surface area contributed by atoms with Crippen LogP contribution in [0, 0.1) is 0 Å². The fraction of sp³-hybridized carbons (Fsp3) is 0.600. The summed E-state index contributed by atoms with van der Waals surface area (Å²) >= 11 is 0. The molecule has 0 heterocycles. The van der Waals surface area contributed by atoms with Crippen molar-refractivity contribution in [1.82, 2.24) is 0 Å². The third-order valence-electron chi connectivity index (χ3n) is 4.24. The lowest BCUT2D eigenvalue weighted by Crippen LogP contribution is -2.37. The lowest BCUT2D eigenvalue weighted by atomic mass is 9.73. The molecule has 1 fully saturated rings. The molecule has 1 aliphatic carbocycles. The summed E-state index contributed by atoms with van der Waals surface area (Å²) < 4.78 is 38.1. The molecule has 2 rings (SSSR count). The minimum absolute atomic E-state index is 0. The molecule has 0 spiro atoms. The van der Waals surface area contributed by atoms with Crippen molar-refractivity contribution in [3.05, 3.63) is 35.4 Å². The molecule has 1 nitrogen and oxygen atoms in total. The maximum atomic E-state index is 12.7. The lowest BCUT2D eigenvalue weighted by Gasteiger charge is -2.38. The van der Waals surface area contributed by atoms with Gasteiger partial charge >= 0.3 is 6.18 Å². The summed E-state index contributed by atoms with van der Waals surface area (Å²) in [5, 5.41) is 10.6. The highest BCUT2D eigenvalue weighted by Crippen LogP contribution is 2.40. The highest BCUT2D eigenvalue weighted by Gasteiger charge is 2.37. The Bertz CT molecular complexity index is 443. The molecule has 1 saturated carbocycles. The van der Waals surface area contributed by atoms with Gasteiger partial charge in [-0.3, -0.25) is 0 Å². The molecule has 1 aromatic carbocycles. The molecule has 0 amide bonds. The first kappa shape index (κ1) is 20.6. The Kier molecular flexibility index (Phi) is 7.54. The van der Waals surface area contributed by atoms with Crippen LogP contribution in [-0.2, 0) is 6.18 Å². The minimum atomic E-state index is -4.33. The zero-order chi connectivity index (χ0) is 14.1. The summed E-state index contributed by atoms with van der Waals surface area (Å²) in [7, 11) is 0. The Morgan fingerprint density at radius 3 is 2.19 bits per heavy atom. The smallest absolute Gasteiger partial charge is 0.389 e. The van der Waals surface area contributed by atoms with Crippen LogP contribution in [0.3, 0.4) is 0 Å². The van der Waals surface area contributed by atoms with Gasteiger partial charge in [-0.1, -0.05) is 44.4 Å². The Labute approximate surface area is 135 Å². The molecule has 0 aliphatic heterocycles. The van der Waals surface area contributed by atoms with Crippen molar-refractivity contribution in [2.75, 3.05) is 0 Å². The first-order valence-electron chi connectivity index (χ1n) is 6.72. The first-order valence-corrected chi connectivity index (χ1v) is 6.72. The molecular formula is C15H21Cl2F3O. The number of aliphatic hydroxyl groups is 1. The van der Waals surface area contributed by atoms with Crippen molar-refractivity contribution in [1.29, 1.82) is 0 Å². The van der Waals surface area contributed by atoms with Gasteiger partial charge in [-0.05, 0) is 24.5 Å². The molecule has 1 atom stereocenters. The van der Waals surface area contributed by atoms with E-state index in [0.717, 1.165) is 31.4 Å². The van der Waals surface area contributed by atoms with Crippen LogP contribution in [0.5, 0.6) is 0 Å². The summed E-state index contributed by atoms with van der Waals surface area (Å²) in [5.74, 6) is -0.268. The van der Waals surface area contributed by atoms with E-state index in [2.05, 4.69) is 0 Å². The van der Waals surface area contributed by atoms with Gasteiger partial charge in [0.2, 0.25) is 0 Å². The summed E-state index contributed by atoms with van der Waals surface area (Å²) in [5.41, 5.74) is -0.932. The third kappa shape index (κ3) is 4.76. The zero-order valence-electron chi connectivity index (χ0n) is 11.8. The van der Waals surface area contributed by atoms with Gasteiger partial charge in [0.1, 0.15) is 0 Å². The van der Waals surface area contributed by atoms with Crippen molar-refractivity contribution in [3.63, 3.8) is 0 Å². The average Bonchev–Trinajstić information content (AvgIpc) is 2.38. The number of rotatable bonds is 2. The van der Waals surface area contributed by atoms with Crippen molar-refractivity contribution in [2.24, 2.45) is 0 Å². The minimum Gasteiger partial charge on any atom is -0.389 e. The number of benzene rings is 1. The van der Waals surface area contributed by atoms with Crippen LogP contribution in [0.4, 0.5) is 13.2 Å². The Morgan fingerprint density at radius 2 is 1.67 bits per heavy atom. The van der Waals surface area contributed by atoms with Crippen LogP contribution in [0.25, 0.3) is 0 Å². The van der Waals surface area contributed by atoms with Gasteiger partial charge in [-0.2, -0.15) is 13.2 Å². The maximum Gasteiger partial charge on any atom is 0.416 e. The molecule has 1 aliphatic rings. The van der Waals surface area contributed by atoms with E-state index >= 15 is 0 Å². The van der Waals surface area contributed by atoms with Crippen molar-refractivity contribution < 1.29 is 18.3 Å². The van der Waals surface area contributed by atoms with Crippen LogP contribution in [-0.4, -0.2) is 10.7 Å². The molecule has 21 heavy (non-hydrogen) atoms. The van der Waals surface area contributed by atoms with Gasteiger partial charge in [0, 0.05) is 5.92 Å². The quantitative estimate of drug-likeness (QED) is 0.766. The monoisotopic (exact) mass is 344 g/mol. The first-order chi connectivity index (χ1) is 8.83. The van der Waals surface area contributed by atoms with Crippen molar-refractivity contribution in [3.8, 4) is 0 Å². The number of hydrogen-bond donors (Lipinski definition) is 1. The van der Waals surface area contributed by atoms with Crippen LogP contribution in [0.1, 0.15) is 56.1 Å². The molecule has 1 unspecified atom stereocenters. The molecule has 6 heteroatoms. The zero-order valence-corrected chi connectivity index (χ0v) is 13.5. The second-order valence-corrected chi connectivity index (χ2v) is 5.51. The predicted molar refractivity (Wildman–Crippen MR) is 82.4 cm³/mol. The van der Waals surface area contributed by atoms with Crippen molar-refractivity contribution >= 4 is 24.8 Å². The molecular weight excluding hydrogens is 324 g/mol. The number of halogens is 5. The summed E-state index contributed by atoms with van der Waals surface area (Å²) in [6.45, 7) is 1.82.